The molecule has 0 aromatic carbocycles. The summed E-state index contributed by atoms with van der Waals surface area (Å²) in [5.74, 6) is 0. The minimum Gasteiger partial charge on any atom is -0.298 e. The van der Waals surface area contributed by atoms with E-state index in [9.17, 15) is 4.79 Å². The zero-order chi connectivity index (χ0) is 5.70. The van der Waals surface area contributed by atoms with Crippen molar-refractivity contribution >= 4 is 6.29 Å². The molecular formula is C6H8O. The van der Waals surface area contributed by atoms with Crippen LogP contribution in [0.1, 0.15) is 13.8 Å². The number of hydrogen-bond donors (Lipinski definition) is 0. The van der Waals surface area contributed by atoms with Crippen LogP contribution in [0.5, 0.6) is 0 Å². The summed E-state index contributed by atoms with van der Waals surface area (Å²) in [7, 11) is 0. The summed E-state index contributed by atoms with van der Waals surface area (Å²) >= 11 is 0. The fourth-order valence-electron chi connectivity index (χ4n) is 0.262. The zero-order valence-corrected chi connectivity index (χ0v) is 4.56. The van der Waals surface area contributed by atoms with E-state index < -0.39 is 0 Å². The minimum absolute atomic E-state index is 0.641. The van der Waals surface area contributed by atoms with Gasteiger partial charge in [-0.1, -0.05) is 0 Å². The minimum atomic E-state index is 0.641. The number of allylic oxidation sites excluding steroid dienone is 1. The molecule has 0 saturated carbocycles. The van der Waals surface area contributed by atoms with Crippen molar-refractivity contribution in [3.05, 3.63) is 17.4 Å². The van der Waals surface area contributed by atoms with E-state index in [0.29, 0.717) is 5.57 Å². The fourth-order valence-corrected chi connectivity index (χ4v) is 0.262. The summed E-state index contributed by atoms with van der Waals surface area (Å²) in [6.45, 7) is 3.54. The Morgan fingerprint density at radius 2 is 2.29 bits per heavy atom. The van der Waals surface area contributed by atoms with Gasteiger partial charge in [-0.15, -0.1) is 5.73 Å². The second-order valence-corrected chi connectivity index (χ2v) is 1.23. The molecule has 0 N–H and O–H groups in total. The first-order chi connectivity index (χ1) is 3.31. The molecule has 0 aliphatic heterocycles. The van der Waals surface area contributed by atoms with Crippen LogP contribution in [0, 0.1) is 0 Å². The lowest BCUT2D eigenvalue weighted by Crippen LogP contribution is -1.68. The molecule has 1 nitrogen and oxygen atoms in total. The Hall–Kier alpha value is -0.810. The van der Waals surface area contributed by atoms with E-state index in [2.05, 4.69) is 5.73 Å². The molecule has 0 aromatic heterocycles. The highest BCUT2D eigenvalue weighted by atomic mass is 16.1. The van der Waals surface area contributed by atoms with Crippen LogP contribution in [0.4, 0.5) is 0 Å². The Kier molecular flexibility index (Phi) is 2.99. The molecule has 0 aromatic rings. The van der Waals surface area contributed by atoms with Gasteiger partial charge >= 0.3 is 0 Å². The van der Waals surface area contributed by atoms with E-state index in [0.717, 1.165) is 6.29 Å². The number of hydrogen-bond acceptors (Lipinski definition) is 1. The Bertz CT molecular complexity index is 116. The first kappa shape index (κ1) is 6.19. The van der Waals surface area contributed by atoms with Crippen molar-refractivity contribution in [2.24, 2.45) is 0 Å². The third-order valence-corrected chi connectivity index (χ3v) is 0.549. The van der Waals surface area contributed by atoms with Gasteiger partial charge in [0.05, 0.1) is 0 Å². The summed E-state index contributed by atoms with van der Waals surface area (Å²) in [6, 6.07) is 0. The number of carbonyl (C=O) groups excluding carboxylic acids is 1. The zero-order valence-electron chi connectivity index (χ0n) is 4.56. The summed E-state index contributed by atoms with van der Waals surface area (Å²) in [5, 5.41) is 0. The lowest BCUT2D eigenvalue weighted by molar-refractivity contribution is -0.104. The summed E-state index contributed by atoms with van der Waals surface area (Å²) in [5.41, 5.74) is 3.36. The van der Waals surface area contributed by atoms with Gasteiger partial charge in [0.2, 0.25) is 0 Å². The number of rotatable bonds is 1. The van der Waals surface area contributed by atoms with Crippen LogP contribution in [0.2, 0.25) is 0 Å². The van der Waals surface area contributed by atoms with Gasteiger partial charge in [-0.25, -0.2) is 0 Å². The van der Waals surface area contributed by atoms with Crippen molar-refractivity contribution in [1.29, 1.82) is 0 Å². The lowest BCUT2D eigenvalue weighted by Gasteiger charge is -1.69. The molecule has 0 atom stereocenters. The molecule has 0 heterocycles. The topological polar surface area (TPSA) is 17.1 Å². The van der Waals surface area contributed by atoms with Gasteiger partial charge in [0.15, 0.2) is 6.29 Å². The van der Waals surface area contributed by atoms with E-state index in [1.165, 1.54) is 0 Å². The molecule has 38 valence electrons. The second-order valence-electron chi connectivity index (χ2n) is 1.23. The van der Waals surface area contributed by atoms with Crippen LogP contribution in [0.15, 0.2) is 17.4 Å². The maximum atomic E-state index is 9.78. The molecule has 0 unspecified atom stereocenters. The average Bonchev–Trinajstić information content (AvgIpc) is 1.68. The number of aldehydes is 1. The molecule has 0 radical (unpaired) electrons. The molecule has 0 rings (SSSR count). The van der Waals surface area contributed by atoms with Crippen LogP contribution in [0.25, 0.3) is 0 Å². The van der Waals surface area contributed by atoms with Gasteiger partial charge in [-0.3, -0.25) is 4.79 Å². The smallest absolute Gasteiger partial charge is 0.153 e. The highest BCUT2D eigenvalue weighted by molar-refractivity contribution is 5.71. The predicted molar refractivity (Wildman–Crippen MR) is 29.0 cm³/mol. The standard InChI is InChI=1S/C6H8O/c1-3-4-6(2)5-7/h3,5H,1-2H3. The van der Waals surface area contributed by atoms with Gasteiger partial charge in [0.1, 0.15) is 0 Å². The first-order valence-electron chi connectivity index (χ1n) is 2.14. The lowest BCUT2D eigenvalue weighted by atomic mass is 10.4. The molecule has 0 saturated heterocycles. The molecule has 0 amide bonds. The van der Waals surface area contributed by atoms with Gasteiger partial charge in [-0.2, -0.15) is 0 Å². The van der Waals surface area contributed by atoms with Gasteiger partial charge < -0.3 is 0 Å². The van der Waals surface area contributed by atoms with E-state index in [1.54, 1.807) is 13.0 Å². The molecular weight excluding hydrogens is 88.1 g/mol. The molecule has 0 bridgehead atoms. The molecule has 0 fully saturated rings. The van der Waals surface area contributed by atoms with E-state index >= 15 is 0 Å². The third-order valence-electron chi connectivity index (χ3n) is 0.549. The van der Waals surface area contributed by atoms with Crippen molar-refractivity contribution < 1.29 is 4.79 Å². The summed E-state index contributed by atoms with van der Waals surface area (Å²) in [4.78, 5) is 9.78. The van der Waals surface area contributed by atoms with Crippen molar-refractivity contribution in [2.75, 3.05) is 0 Å². The van der Waals surface area contributed by atoms with Crippen LogP contribution in [0.3, 0.4) is 0 Å². The van der Waals surface area contributed by atoms with Gasteiger partial charge in [0, 0.05) is 5.57 Å². The Labute approximate surface area is 43.3 Å². The summed E-state index contributed by atoms with van der Waals surface area (Å²) < 4.78 is 0. The predicted octanol–water partition coefficient (Wildman–Crippen LogP) is 1.31. The van der Waals surface area contributed by atoms with Crippen molar-refractivity contribution in [3.63, 3.8) is 0 Å². The van der Waals surface area contributed by atoms with Crippen LogP contribution in [-0.2, 0) is 4.79 Å². The van der Waals surface area contributed by atoms with Crippen molar-refractivity contribution in [3.8, 4) is 0 Å². The summed E-state index contributed by atoms with van der Waals surface area (Å²) in [6.07, 6.45) is 2.49. The molecule has 7 heavy (non-hydrogen) atoms. The number of carbonyl (C=O) groups is 1. The molecule has 0 aliphatic carbocycles. The largest absolute Gasteiger partial charge is 0.298 e. The van der Waals surface area contributed by atoms with Crippen LogP contribution >= 0.6 is 0 Å². The normalized spacial score (nSPS) is 6.57. The maximum absolute atomic E-state index is 9.78. The highest BCUT2D eigenvalue weighted by Gasteiger charge is 1.72. The first-order valence-corrected chi connectivity index (χ1v) is 2.14. The van der Waals surface area contributed by atoms with Crippen LogP contribution in [-0.4, -0.2) is 6.29 Å². The van der Waals surface area contributed by atoms with Crippen molar-refractivity contribution in [2.45, 2.75) is 13.8 Å². The van der Waals surface area contributed by atoms with Crippen LogP contribution < -0.4 is 0 Å². The van der Waals surface area contributed by atoms with Gasteiger partial charge in [0.25, 0.3) is 0 Å². The second kappa shape index (κ2) is 3.38. The molecule has 0 aliphatic rings. The van der Waals surface area contributed by atoms with E-state index in [-0.39, 0.29) is 0 Å². The van der Waals surface area contributed by atoms with Gasteiger partial charge in [-0.05, 0) is 19.9 Å². The highest BCUT2D eigenvalue weighted by Crippen LogP contribution is 1.78. The fraction of sp³-hybridized carbons (Fsp3) is 0.333. The average molecular weight is 96.1 g/mol. The van der Waals surface area contributed by atoms with E-state index in [1.807, 2.05) is 6.92 Å². The quantitative estimate of drug-likeness (QED) is 0.273. The SMILES string of the molecule is CC=C=C(C)C=O. The maximum Gasteiger partial charge on any atom is 0.153 e. The Morgan fingerprint density at radius 3 is 2.43 bits per heavy atom. The molecule has 1 heteroatoms. The Morgan fingerprint density at radius 1 is 1.71 bits per heavy atom. The molecule has 0 spiro atoms. The third kappa shape index (κ3) is 3.01. The monoisotopic (exact) mass is 96.1 g/mol. The van der Waals surface area contributed by atoms with E-state index in [4.69, 9.17) is 0 Å². The Balaban J connectivity index is 4.00. The van der Waals surface area contributed by atoms with Crippen molar-refractivity contribution in [1.82, 2.24) is 0 Å².